The molecule has 2 aromatic rings. The van der Waals surface area contributed by atoms with Gasteiger partial charge in [0.05, 0.1) is 16.2 Å². The van der Waals surface area contributed by atoms with Gasteiger partial charge in [-0.1, -0.05) is 17.7 Å². The lowest BCUT2D eigenvalue weighted by Crippen LogP contribution is -2.27. The molecule has 0 fully saturated rings. The van der Waals surface area contributed by atoms with Gasteiger partial charge in [0, 0.05) is 24.4 Å². The molecular weight excluding hydrogens is 398 g/mol. The van der Waals surface area contributed by atoms with Gasteiger partial charge in [-0.05, 0) is 38.1 Å². The van der Waals surface area contributed by atoms with Crippen LogP contribution < -0.4 is 11.1 Å². The van der Waals surface area contributed by atoms with Crippen molar-refractivity contribution < 1.29 is 18.0 Å². The molecule has 3 N–H and O–H groups in total. The van der Waals surface area contributed by atoms with Crippen LogP contribution in [0.1, 0.15) is 32.8 Å². The molecule has 0 aliphatic carbocycles. The first kappa shape index (κ1) is 20.5. The summed E-state index contributed by atoms with van der Waals surface area (Å²) in [4.78, 5) is 27.6. The SMILES string of the molecule is Cc1ccc(S(=O)(=O)CCC(=O)Nc2sc3c(c2C(N)=O)CCN(C)C3)cc1. The van der Waals surface area contributed by atoms with Gasteiger partial charge in [0.1, 0.15) is 5.00 Å². The molecule has 1 aliphatic rings. The van der Waals surface area contributed by atoms with E-state index in [-0.39, 0.29) is 17.1 Å². The van der Waals surface area contributed by atoms with E-state index in [0.717, 1.165) is 22.5 Å². The van der Waals surface area contributed by atoms with Gasteiger partial charge < -0.3 is 16.0 Å². The van der Waals surface area contributed by atoms with Crippen molar-refractivity contribution in [3.8, 4) is 0 Å². The van der Waals surface area contributed by atoms with Crippen molar-refractivity contribution >= 4 is 38.0 Å². The minimum atomic E-state index is -3.56. The number of aryl methyl sites for hydroxylation is 1. The summed E-state index contributed by atoms with van der Waals surface area (Å²) in [6.45, 7) is 3.38. The second-order valence-corrected chi connectivity index (χ2v) is 10.2. The zero-order valence-corrected chi connectivity index (χ0v) is 17.5. The fourth-order valence-electron chi connectivity index (χ4n) is 3.16. The number of nitrogens with zero attached hydrogens (tertiary/aromatic N) is 1. The first-order valence-electron chi connectivity index (χ1n) is 8.89. The summed E-state index contributed by atoms with van der Waals surface area (Å²) in [5.41, 5.74) is 7.73. The van der Waals surface area contributed by atoms with Gasteiger partial charge in [0.2, 0.25) is 5.91 Å². The number of fused-ring (bicyclic) bond motifs is 1. The number of likely N-dealkylation sites (N-methyl/N-ethyl adjacent to an activating group) is 1. The highest BCUT2D eigenvalue weighted by Crippen LogP contribution is 2.36. The molecule has 9 heteroatoms. The van der Waals surface area contributed by atoms with E-state index in [4.69, 9.17) is 5.73 Å². The predicted molar refractivity (Wildman–Crippen MR) is 109 cm³/mol. The molecule has 150 valence electrons. The van der Waals surface area contributed by atoms with Crippen molar-refractivity contribution in [2.75, 3.05) is 24.7 Å². The molecular formula is C19H23N3O4S2. The highest BCUT2D eigenvalue weighted by atomic mass is 32.2. The smallest absolute Gasteiger partial charge is 0.251 e. The van der Waals surface area contributed by atoms with E-state index >= 15 is 0 Å². The van der Waals surface area contributed by atoms with Crippen LogP contribution in [0, 0.1) is 6.92 Å². The Morgan fingerprint density at radius 1 is 1.25 bits per heavy atom. The summed E-state index contributed by atoms with van der Waals surface area (Å²) in [7, 11) is -1.57. The number of benzene rings is 1. The van der Waals surface area contributed by atoms with Crippen molar-refractivity contribution in [3.63, 3.8) is 0 Å². The molecule has 0 saturated heterocycles. The number of hydrogen-bond acceptors (Lipinski definition) is 6. The quantitative estimate of drug-likeness (QED) is 0.741. The fraction of sp³-hybridized carbons (Fsp3) is 0.368. The monoisotopic (exact) mass is 421 g/mol. The number of carbonyl (C=O) groups excluding carboxylic acids is 2. The molecule has 2 amide bonds. The zero-order chi connectivity index (χ0) is 20.5. The third kappa shape index (κ3) is 4.43. The first-order chi connectivity index (χ1) is 13.2. The maximum atomic E-state index is 12.4. The summed E-state index contributed by atoms with van der Waals surface area (Å²) in [6, 6.07) is 6.52. The minimum Gasteiger partial charge on any atom is -0.365 e. The van der Waals surface area contributed by atoms with E-state index in [1.807, 2.05) is 14.0 Å². The van der Waals surface area contributed by atoms with Gasteiger partial charge >= 0.3 is 0 Å². The topological polar surface area (TPSA) is 110 Å². The van der Waals surface area contributed by atoms with Gasteiger partial charge in [0.25, 0.3) is 5.91 Å². The van der Waals surface area contributed by atoms with E-state index in [1.54, 1.807) is 12.1 Å². The van der Waals surface area contributed by atoms with Crippen molar-refractivity contribution in [2.45, 2.75) is 31.2 Å². The van der Waals surface area contributed by atoms with E-state index in [9.17, 15) is 18.0 Å². The van der Waals surface area contributed by atoms with Crippen LogP contribution in [0.5, 0.6) is 0 Å². The van der Waals surface area contributed by atoms with Crippen LogP contribution in [-0.2, 0) is 27.6 Å². The number of thiophene rings is 1. The molecule has 28 heavy (non-hydrogen) atoms. The maximum absolute atomic E-state index is 12.4. The number of rotatable bonds is 6. The summed E-state index contributed by atoms with van der Waals surface area (Å²) in [6.07, 6.45) is 0.495. The number of amides is 2. The second-order valence-electron chi connectivity index (χ2n) is 6.99. The molecule has 0 unspecified atom stereocenters. The van der Waals surface area contributed by atoms with Crippen molar-refractivity contribution in [2.24, 2.45) is 5.73 Å². The minimum absolute atomic E-state index is 0.193. The highest BCUT2D eigenvalue weighted by molar-refractivity contribution is 7.91. The summed E-state index contributed by atoms with van der Waals surface area (Å²) in [5.74, 6) is -1.34. The van der Waals surface area contributed by atoms with Gasteiger partial charge in [-0.15, -0.1) is 11.3 Å². The summed E-state index contributed by atoms with van der Waals surface area (Å²) in [5, 5.41) is 3.10. The van der Waals surface area contributed by atoms with Crippen molar-refractivity contribution in [1.29, 1.82) is 0 Å². The number of anilines is 1. The maximum Gasteiger partial charge on any atom is 0.251 e. The lowest BCUT2D eigenvalue weighted by molar-refractivity contribution is -0.115. The predicted octanol–water partition coefficient (Wildman–Crippen LogP) is 1.95. The number of nitrogens with two attached hydrogens (primary N) is 1. The molecule has 0 atom stereocenters. The van der Waals surface area contributed by atoms with Crippen molar-refractivity contribution in [3.05, 3.63) is 45.8 Å². The number of hydrogen-bond donors (Lipinski definition) is 2. The van der Waals surface area contributed by atoms with Crippen molar-refractivity contribution in [1.82, 2.24) is 4.90 Å². The summed E-state index contributed by atoms with van der Waals surface area (Å²) < 4.78 is 24.8. The van der Waals surface area contributed by atoms with Crippen LogP contribution >= 0.6 is 11.3 Å². The Morgan fingerprint density at radius 3 is 2.57 bits per heavy atom. The van der Waals surface area contributed by atoms with Crippen LogP contribution in [0.2, 0.25) is 0 Å². The molecule has 7 nitrogen and oxygen atoms in total. The number of nitrogens with one attached hydrogen (secondary N) is 1. The van der Waals surface area contributed by atoms with Gasteiger partial charge in [0.15, 0.2) is 9.84 Å². The molecule has 1 aliphatic heterocycles. The van der Waals surface area contributed by atoms with Crippen LogP contribution in [0.25, 0.3) is 0 Å². The van der Waals surface area contributed by atoms with Gasteiger partial charge in [-0.25, -0.2) is 8.42 Å². The van der Waals surface area contributed by atoms with E-state index < -0.39 is 21.7 Å². The van der Waals surface area contributed by atoms with E-state index in [1.165, 1.54) is 23.5 Å². The Morgan fingerprint density at radius 2 is 1.93 bits per heavy atom. The average molecular weight is 422 g/mol. The lowest BCUT2D eigenvalue weighted by Gasteiger charge is -2.22. The molecule has 1 aromatic heterocycles. The molecule has 0 spiro atoms. The largest absolute Gasteiger partial charge is 0.365 e. The van der Waals surface area contributed by atoms with Crippen LogP contribution in [0.15, 0.2) is 29.2 Å². The first-order valence-corrected chi connectivity index (χ1v) is 11.4. The zero-order valence-electron chi connectivity index (χ0n) is 15.8. The van der Waals surface area contributed by atoms with Gasteiger partial charge in [-0.2, -0.15) is 0 Å². The van der Waals surface area contributed by atoms with Crippen LogP contribution in [0.3, 0.4) is 0 Å². The Bertz CT molecular complexity index is 1010. The van der Waals surface area contributed by atoms with Crippen LogP contribution in [-0.4, -0.2) is 44.5 Å². The molecule has 3 rings (SSSR count). The number of carbonyl (C=O) groups is 2. The van der Waals surface area contributed by atoms with Gasteiger partial charge in [-0.3, -0.25) is 9.59 Å². The average Bonchev–Trinajstić information content (AvgIpc) is 2.97. The normalized spacial score (nSPS) is 14.5. The molecule has 2 heterocycles. The Labute approximate surface area is 168 Å². The fourth-order valence-corrected chi connectivity index (χ4v) is 5.75. The molecule has 0 radical (unpaired) electrons. The Hall–Kier alpha value is -2.23. The summed E-state index contributed by atoms with van der Waals surface area (Å²) >= 11 is 1.33. The third-order valence-electron chi connectivity index (χ3n) is 4.73. The number of primary amides is 1. The standard InChI is InChI=1S/C19H23N3O4S2/c1-12-3-5-13(6-4-12)28(25,26)10-8-16(23)21-19-17(18(20)24)14-7-9-22(2)11-15(14)27-19/h3-6H,7-11H2,1-2H3,(H2,20,24)(H,21,23). The lowest BCUT2D eigenvalue weighted by atomic mass is 10.0. The highest BCUT2D eigenvalue weighted by Gasteiger charge is 2.27. The number of sulfone groups is 1. The Kier molecular flexibility index (Phi) is 5.87. The molecule has 0 bridgehead atoms. The molecule has 0 saturated carbocycles. The second kappa shape index (κ2) is 8.02. The van der Waals surface area contributed by atoms with Crippen LogP contribution in [0.4, 0.5) is 5.00 Å². The molecule has 1 aromatic carbocycles. The Balaban J connectivity index is 1.71. The van der Waals surface area contributed by atoms with E-state index in [2.05, 4.69) is 10.2 Å². The van der Waals surface area contributed by atoms with E-state index in [0.29, 0.717) is 23.5 Å². The third-order valence-corrected chi connectivity index (χ3v) is 7.59.